The molecule has 1 aromatic rings. The van der Waals surface area contributed by atoms with Crippen LogP contribution in [0.4, 0.5) is 0 Å². The SMILES string of the molecule is COC(=O)CC(C)(CCCBr)c1ccc(O)c(C)c1. The number of aromatic hydroxyl groups is 1. The molecule has 0 heterocycles. The van der Waals surface area contributed by atoms with Crippen molar-refractivity contribution < 1.29 is 14.6 Å². The maximum atomic E-state index is 11.6. The second-order valence-corrected chi connectivity index (χ2v) is 5.90. The largest absolute Gasteiger partial charge is 0.508 e. The number of phenolic OH excluding ortho intramolecular Hbond substituents is 1. The number of ether oxygens (including phenoxy) is 1. The summed E-state index contributed by atoms with van der Waals surface area (Å²) in [6.07, 6.45) is 2.21. The van der Waals surface area contributed by atoms with Gasteiger partial charge < -0.3 is 9.84 Å². The summed E-state index contributed by atoms with van der Waals surface area (Å²) in [7, 11) is 1.41. The molecule has 3 nitrogen and oxygen atoms in total. The molecular weight excluding hydrogens is 308 g/mol. The Morgan fingerprint density at radius 2 is 2.16 bits per heavy atom. The van der Waals surface area contributed by atoms with E-state index in [0.717, 1.165) is 29.3 Å². The first-order valence-corrected chi connectivity index (χ1v) is 7.48. The zero-order valence-corrected chi connectivity index (χ0v) is 13.3. The van der Waals surface area contributed by atoms with Crippen LogP contribution >= 0.6 is 15.9 Å². The lowest BCUT2D eigenvalue weighted by molar-refractivity contribution is -0.142. The molecule has 0 amide bonds. The number of alkyl halides is 1. The highest BCUT2D eigenvalue weighted by Crippen LogP contribution is 2.35. The van der Waals surface area contributed by atoms with E-state index in [4.69, 9.17) is 4.74 Å². The van der Waals surface area contributed by atoms with Crippen molar-refractivity contribution in [2.24, 2.45) is 0 Å². The van der Waals surface area contributed by atoms with Crippen molar-refractivity contribution >= 4 is 21.9 Å². The number of methoxy groups -OCH3 is 1. The molecule has 0 radical (unpaired) electrons. The van der Waals surface area contributed by atoms with Crippen molar-refractivity contribution in [2.45, 2.75) is 38.5 Å². The molecule has 0 saturated carbocycles. The van der Waals surface area contributed by atoms with E-state index in [0.29, 0.717) is 6.42 Å². The van der Waals surface area contributed by atoms with Gasteiger partial charge in [-0.3, -0.25) is 4.79 Å². The third kappa shape index (κ3) is 4.23. The minimum atomic E-state index is -0.265. The van der Waals surface area contributed by atoms with Crippen molar-refractivity contribution in [3.8, 4) is 5.75 Å². The van der Waals surface area contributed by atoms with Crippen molar-refractivity contribution in [3.63, 3.8) is 0 Å². The Kier molecular flexibility index (Phi) is 5.85. The number of phenols is 1. The first kappa shape index (κ1) is 16.0. The lowest BCUT2D eigenvalue weighted by atomic mass is 9.75. The van der Waals surface area contributed by atoms with E-state index in [1.165, 1.54) is 7.11 Å². The smallest absolute Gasteiger partial charge is 0.306 e. The van der Waals surface area contributed by atoms with Gasteiger partial charge in [-0.05, 0) is 37.0 Å². The molecule has 0 fully saturated rings. The van der Waals surface area contributed by atoms with E-state index < -0.39 is 0 Å². The van der Waals surface area contributed by atoms with Crippen molar-refractivity contribution in [1.29, 1.82) is 0 Å². The first-order valence-electron chi connectivity index (χ1n) is 6.36. The Morgan fingerprint density at radius 3 is 2.68 bits per heavy atom. The number of carbonyl (C=O) groups is 1. The summed E-state index contributed by atoms with van der Waals surface area (Å²) in [4.78, 5) is 11.6. The third-order valence-corrected chi connectivity index (χ3v) is 4.08. The van der Waals surface area contributed by atoms with Crippen LogP contribution in [0.3, 0.4) is 0 Å². The summed E-state index contributed by atoms with van der Waals surface area (Å²) in [6, 6.07) is 5.53. The number of benzene rings is 1. The maximum absolute atomic E-state index is 11.6. The molecule has 1 N–H and O–H groups in total. The molecule has 1 atom stereocenters. The molecule has 0 aliphatic rings. The van der Waals surface area contributed by atoms with Crippen LogP contribution in [0.1, 0.15) is 37.3 Å². The Balaban J connectivity index is 3.06. The first-order chi connectivity index (χ1) is 8.92. The van der Waals surface area contributed by atoms with Crippen molar-refractivity contribution in [2.75, 3.05) is 12.4 Å². The van der Waals surface area contributed by atoms with E-state index in [1.807, 2.05) is 19.1 Å². The molecule has 0 spiro atoms. The van der Waals surface area contributed by atoms with Gasteiger partial charge in [-0.15, -0.1) is 0 Å². The Labute approximate surface area is 123 Å². The summed E-state index contributed by atoms with van der Waals surface area (Å²) in [5.74, 6) is 0.0764. The Bertz CT molecular complexity index is 445. The molecule has 1 rings (SSSR count). The fourth-order valence-electron chi connectivity index (χ4n) is 2.21. The summed E-state index contributed by atoms with van der Waals surface area (Å²) >= 11 is 3.43. The monoisotopic (exact) mass is 328 g/mol. The van der Waals surface area contributed by atoms with Crippen LogP contribution in [0.5, 0.6) is 5.75 Å². The maximum Gasteiger partial charge on any atom is 0.306 e. The van der Waals surface area contributed by atoms with Gasteiger partial charge in [0, 0.05) is 10.7 Å². The van der Waals surface area contributed by atoms with Crippen LogP contribution in [0.15, 0.2) is 18.2 Å². The molecule has 19 heavy (non-hydrogen) atoms. The van der Waals surface area contributed by atoms with Gasteiger partial charge in [-0.1, -0.05) is 35.0 Å². The van der Waals surface area contributed by atoms with Crippen LogP contribution < -0.4 is 0 Å². The Morgan fingerprint density at radius 1 is 1.47 bits per heavy atom. The number of esters is 1. The number of rotatable bonds is 6. The standard InChI is InChI=1S/C15H21BrO3/c1-11-9-12(5-6-13(11)17)15(2,7-4-8-16)10-14(18)19-3/h5-6,9,17H,4,7-8,10H2,1-3H3. The number of aryl methyl sites for hydroxylation is 1. The van der Waals surface area contributed by atoms with Gasteiger partial charge in [-0.25, -0.2) is 0 Å². The number of carbonyl (C=O) groups excluding carboxylic acids is 1. The molecule has 0 aromatic heterocycles. The lowest BCUT2D eigenvalue weighted by Crippen LogP contribution is -2.26. The predicted molar refractivity (Wildman–Crippen MR) is 79.9 cm³/mol. The van der Waals surface area contributed by atoms with E-state index >= 15 is 0 Å². The summed E-state index contributed by atoms with van der Waals surface area (Å²) in [6.45, 7) is 3.93. The highest BCUT2D eigenvalue weighted by molar-refractivity contribution is 9.09. The van der Waals surface area contributed by atoms with Gasteiger partial charge in [0.25, 0.3) is 0 Å². The van der Waals surface area contributed by atoms with E-state index in [9.17, 15) is 9.90 Å². The second-order valence-electron chi connectivity index (χ2n) is 5.11. The molecule has 106 valence electrons. The zero-order chi connectivity index (χ0) is 14.5. The van der Waals surface area contributed by atoms with E-state index in [-0.39, 0.29) is 17.1 Å². The molecule has 4 heteroatoms. The normalized spacial score (nSPS) is 13.9. The zero-order valence-electron chi connectivity index (χ0n) is 11.7. The topological polar surface area (TPSA) is 46.5 Å². The highest BCUT2D eigenvalue weighted by atomic mass is 79.9. The predicted octanol–water partition coefficient (Wildman–Crippen LogP) is 3.70. The molecule has 0 aliphatic heterocycles. The average Bonchev–Trinajstić information content (AvgIpc) is 2.39. The Hall–Kier alpha value is -1.03. The van der Waals surface area contributed by atoms with Gasteiger partial charge in [0.05, 0.1) is 13.5 Å². The van der Waals surface area contributed by atoms with Crippen LogP contribution in [-0.4, -0.2) is 23.5 Å². The molecule has 0 saturated heterocycles. The quantitative estimate of drug-likeness (QED) is 0.639. The van der Waals surface area contributed by atoms with Crippen LogP contribution in [0, 0.1) is 6.92 Å². The summed E-state index contributed by atoms with van der Waals surface area (Å²) < 4.78 is 4.80. The van der Waals surface area contributed by atoms with Gasteiger partial charge in [0.1, 0.15) is 5.75 Å². The van der Waals surface area contributed by atoms with Crippen LogP contribution in [0.2, 0.25) is 0 Å². The van der Waals surface area contributed by atoms with E-state index in [2.05, 4.69) is 22.9 Å². The van der Waals surface area contributed by atoms with Gasteiger partial charge in [0.15, 0.2) is 0 Å². The fourth-order valence-corrected chi connectivity index (χ4v) is 2.49. The van der Waals surface area contributed by atoms with Gasteiger partial charge >= 0.3 is 5.97 Å². The highest BCUT2D eigenvalue weighted by Gasteiger charge is 2.30. The number of hydrogen-bond acceptors (Lipinski definition) is 3. The minimum absolute atomic E-state index is 0.206. The minimum Gasteiger partial charge on any atom is -0.508 e. The average molecular weight is 329 g/mol. The summed E-state index contributed by atoms with van der Waals surface area (Å²) in [5, 5.41) is 10.5. The molecule has 0 aliphatic carbocycles. The van der Waals surface area contributed by atoms with Gasteiger partial charge in [-0.2, -0.15) is 0 Å². The molecule has 1 aromatic carbocycles. The van der Waals surface area contributed by atoms with Crippen LogP contribution in [0.25, 0.3) is 0 Å². The second kappa shape index (κ2) is 6.94. The lowest BCUT2D eigenvalue weighted by Gasteiger charge is -2.29. The third-order valence-electron chi connectivity index (χ3n) is 3.52. The molecule has 1 unspecified atom stereocenters. The van der Waals surface area contributed by atoms with Crippen molar-refractivity contribution in [1.82, 2.24) is 0 Å². The van der Waals surface area contributed by atoms with Crippen molar-refractivity contribution in [3.05, 3.63) is 29.3 Å². The number of hydrogen-bond donors (Lipinski definition) is 1. The van der Waals surface area contributed by atoms with E-state index in [1.54, 1.807) is 6.07 Å². The number of halogens is 1. The molecular formula is C15H21BrO3. The summed E-state index contributed by atoms with van der Waals surface area (Å²) in [5.41, 5.74) is 1.63. The van der Waals surface area contributed by atoms with Crippen LogP contribution in [-0.2, 0) is 14.9 Å². The molecule has 0 bridgehead atoms. The van der Waals surface area contributed by atoms with Gasteiger partial charge in [0.2, 0.25) is 0 Å². The fraction of sp³-hybridized carbons (Fsp3) is 0.533.